The zero-order valence-electron chi connectivity index (χ0n) is 15.3. The summed E-state index contributed by atoms with van der Waals surface area (Å²) in [5, 5.41) is 0. The average molecular weight is 346 g/mol. The van der Waals surface area contributed by atoms with Gasteiger partial charge in [0.25, 0.3) is 0 Å². The molecule has 0 bridgehead atoms. The Morgan fingerprint density at radius 1 is 0.885 bits per heavy atom. The molecule has 1 unspecified atom stereocenters. The van der Waals surface area contributed by atoms with Crippen LogP contribution in [0.25, 0.3) is 0 Å². The topological polar surface area (TPSA) is 24.3 Å². The summed E-state index contributed by atoms with van der Waals surface area (Å²) in [6.07, 6.45) is 4.04. The Balaban J connectivity index is 1.67. The minimum Gasteiger partial charge on any atom is -0.329 e. The van der Waals surface area contributed by atoms with Gasteiger partial charge in [-0.15, -0.1) is 0 Å². The van der Waals surface area contributed by atoms with Crippen molar-refractivity contribution in [2.24, 2.45) is 0 Å². The molecule has 0 radical (unpaired) electrons. The van der Waals surface area contributed by atoms with E-state index in [-0.39, 0.29) is 6.04 Å². The molecule has 2 aromatic carbocycles. The summed E-state index contributed by atoms with van der Waals surface area (Å²) in [6.45, 7) is 5.18. The van der Waals surface area contributed by atoms with Crippen molar-refractivity contribution in [3.63, 3.8) is 0 Å². The molecular weight excluding hydrogens is 320 g/mol. The average Bonchev–Trinajstić information content (AvgIpc) is 3.13. The van der Waals surface area contributed by atoms with Crippen LogP contribution in [0.2, 0.25) is 0 Å². The number of rotatable bonds is 5. The molecular formula is C22H26N4. The summed E-state index contributed by atoms with van der Waals surface area (Å²) in [4.78, 5) is 9.76. The van der Waals surface area contributed by atoms with Crippen LogP contribution in [0.5, 0.6) is 0 Å². The molecule has 4 nitrogen and oxygen atoms in total. The first-order valence-electron chi connectivity index (χ1n) is 9.34. The van der Waals surface area contributed by atoms with Crippen molar-refractivity contribution in [1.29, 1.82) is 0 Å². The Bertz CT molecular complexity index is 804. The van der Waals surface area contributed by atoms with Crippen LogP contribution in [0.3, 0.4) is 0 Å². The van der Waals surface area contributed by atoms with Crippen LogP contribution in [0.15, 0.2) is 73.1 Å². The quantitative estimate of drug-likeness (QED) is 0.709. The number of hydrogen-bond donors (Lipinski definition) is 0. The van der Waals surface area contributed by atoms with Crippen molar-refractivity contribution in [2.45, 2.75) is 12.6 Å². The van der Waals surface area contributed by atoms with Crippen molar-refractivity contribution in [3.05, 3.63) is 90.0 Å². The van der Waals surface area contributed by atoms with E-state index in [1.54, 1.807) is 0 Å². The molecule has 4 rings (SSSR count). The van der Waals surface area contributed by atoms with Gasteiger partial charge in [0.15, 0.2) is 0 Å². The predicted molar refractivity (Wildman–Crippen MR) is 105 cm³/mol. The lowest BCUT2D eigenvalue weighted by atomic mass is 10.0. The fourth-order valence-corrected chi connectivity index (χ4v) is 3.72. The van der Waals surface area contributed by atoms with E-state index in [0.29, 0.717) is 0 Å². The monoisotopic (exact) mass is 346 g/mol. The maximum atomic E-state index is 4.79. The van der Waals surface area contributed by atoms with Gasteiger partial charge in [0.05, 0.1) is 6.04 Å². The van der Waals surface area contributed by atoms with Gasteiger partial charge >= 0.3 is 0 Å². The van der Waals surface area contributed by atoms with Crippen LogP contribution in [-0.2, 0) is 6.54 Å². The minimum absolute atomic E-state index is 0.198. The predicted octanol–water partition coefficient (Wildman–Crippen LogP) is 3.27. The molecule has 2 heterocycles. The SMILES string of the molecule is CN1CCN(C(c2ccccc2)c2nccn2Cc2ccccc2)CC1. The second-order valence-corrected chi connectivity index (χ2v) is 7.05. The van der Waals surface area contributed by atoms with E-state index in [1.807, 2.05) is 6.20 Å². The largest absolute Gasteiger partial charge is 0.329 e. The van der Waals surface area contributed by atoms with Crippen LogP contribution < -0.4 is 0 Å². The van der Waals surface area contributed by atoms with E-state index in [2.05, 4.69) is 88.3 Å². The van der Waals surface area contributed by atoms with Gasteiger partial charge in [-0.2, -0.15) is 0 Å². The maximum absolute atomic E-state index is 4.79. The highest BCUT2D eigenvalue weighted by Crippen LogP contribution is 2.28. The molecule has 0 saturated carbocycles. The van der Waals surface area contributed by atoms with Gasteiger partial charge in [-0.25, -0.2) is 4.98 Å². The van der Waals surface area contributed by atoms with Gasteiger partial charge < -0.3 is 9.47 Å². The lowest BCUT2D eigenvalue weighted by Gasteiger charge is -2.38. The van der Waals surface area contributed by atoms with Crippen molar-refractivity contribution < 1.29 is 0 Å². The normalized spacial score (nSPS) is 17.3. The highest BCUT2D eigenvalue weighted by molar-refractivity contribution is 5.26. The molecule has 1 aliphatic rings. The van der Waals surface area contributed by atoms with E-state index in [4.69, 9.17) is 4.98 Å². The summed E-state index contributed by atoms with van der Waals surface area (Å²) >= 11 is 0. The third-order valence-electron chi connectivity index (χ3n) is 5.21. The molecule has 134 valence electrons. The van der Waals surface area contributed by atoms with E-state index in [1.165, 1.54) is 11.1 Å². The summed E-state index contributed by atoms with van der Waals surface area (Å²) in [6, 6.07) is 21.6. The Hall–Kier alpha value is -2.43. The number of hydrogen-bond acceptors (Lipinski definition) is 3. The summed E-state index contributed by atoms with van der Waals surface area (Å²) in [5.41, 5.74) is 2.62. The Labute approximate surface area is 155 Å². The smallest absolute Gasteiger partial charge is 0.130 e. The summed E-state index contributed by atoms with van der Waals surface area (Å²) in [7, 11) is 2.20. The van der Waals surface area contributed by atoms with Crippen LogP contribution in [-0.4, -0.2) is 52.6 Å². The zero-order valence-corrected chi connectivity index (χ0v) is 15.3. The Morgan fingerprint density at radius 2 is 1.54 bits per heavy atom. The first-order valence-corrected chi connectivity index (χ1v) is 9.34. The lowest BCUT2D eigenvalue weighted by Crippen LogP contribution is -2.46. The summed E-state index contributed by atoms with van der Waals surface area (Å²) in [5.74, 6) is 1.13. The molecule has 0 N–H and O–H groups in total. The molecule has 0 amide bonds. The van der Waals surface area contributed by atoms with E-state index >= 15 is 0 Å². The second kappa shape index (κ2) is 7.85. The van der Waals surface area contributed by atoms with Crippen LogP contribution in [0.1, 0.15) is 23.0 Å². The molecule has 4 heteroatoms. The minimum atomic E-state index is 0.198. The molecule has 0 spiro atoms. The molecule has 1 fully saturated rings. The fourth-order valence-electron chi connectivity index (χ4n) is 3.72. The van der Waals surface area contributed by atoms with E-state index in [9.17, 15) is 0 Å². The first kappa shape index (κ1) is 17.0. The first-order chi connectivity index (χ1) is 12.8. The number of benzene rings is 2. The van der Waals surface area contributed by atoms with Gasteiger partial charge in [-0.05, 0) is 18.2 Å². The van der Waals surface area contributed by atoms with Gasteiger partial charge in [-0.1, -0.05) is 60.7 Å². The molecule has 1 atom stereocenters. The fraction of sp³-hybridized carbons (Fsp3) is 0.318. The van der Waals surface area contributed by atoms with Crippen molar-refractivity contribution in [3.8, 4) is 0 Å². The van der Waals surface area contributed by atoms with E-state index < -0.39 is 0 Å². The van der Waals surface area contributed by atoms with Gasteiger partial charge in [-0.3, -0.25) is 4.90 Å². The van der Waals surface area contributed by atoms with Gasteiger partial charge in [0.2, 0.25) is 0 Å². The number of nitrogens with zero attached hydrogens (tertiary/aromatic N) is 4. The highest BCUT2D eigenvalue weighted by Gasteiger charge is 2.28. The van der Waals surface area contributed by atoms with Crippen LogP contribution >= 0.6 is 0 Å². The van der Waals surface area contributed by atoms with Crippen molar-refractivity contribution in [2.75, 3.05) is 33.2 Å². The van der Waals surface area contributed by atoms with Gasteiger partial charge in [0.1, 0.15) is 5.82 Å². The number of piperazine rings is 1. The number of likely N-dealkylation sites (N-methyl/N-ethyl adjacent to an activating group) is 1. The van der Waals surface area contributed by atoms with E-state index in [0.717, 1.165) is 38.5 Å². The van der Waals surface area contributed by atoms with Crippen molar-refractivity contribution >= 4 is 0 Å². The molecule has 1 aliphatic heterocycles. The highest BCUT2D eigenvalue weighted by atomic mass is 15.3. The van der Waals surface area contributed by atoms with Crippen molar-refractivity contribution in [1.82, 2.24) is 19.4 Å². The number of imidazole rings is 1. The standard InChI is InChI=1S/C22H26N4/c1-24-14-16-25(17-15-24)21(20-10-6-3-7-11-20)22-23-12-13-26(22)18-19-8-4-2-5-9-19/h2-13,21H,14-18H2,1H3. The molecule has 3 aromatic rings. The summed E-state index contributed by atoms with van der Waals surface area (Å²) < 4.78 is 2.30. The van der Waals surface area contributed by atoms with Gasteiger partial charge in [0, 0.05) is 45.1 Å². The zero-order chi connectivity index (χ0) is 17.8. The Morgan fingerprint density at radius 3 is 2.23 bits per heavy atom. The molecule has 26 heavy (non-hydrogen) atoms. The molecule has 1 aromatic heterocycles. The molecule has 1 saturated heterocycles. The Kier molecular flexibility index (Phi) is 5.14. The van der Waals surface area contributed by atoms with Crippen LogP contribution in [0, 0.1) is 0 Å². The third-order valence-corrected chi connectivity index (χ3v) is 5.21. The van der Waals surface area contributed by atoms with Crippen LogP contribution in [0.4, 0.5) is 0 Å². The number of aromatic nitrogens is 2. The lowest BCUT2D eigenvalue weighted by molar-refractivity contribution is 0.122. The third kappa shape index (κ3) is 3.71. The molecule has 0 aliphatic carbocycles. The second-order valence-electron chi connectivity index (χ2n) is 7.05. The maximum Gasteiger partial charge on any atom is 0.130 e.